The zero-order valence-corrected chi connectivity index (χ0v) is 18.6. The van der Waals surface area contributed by atoms with Crippen LogP contribution in [-0.2, 0) is 4.79 Å². The predicted octanol–water partition coefficient (Wildman–Crippen LogP) is 3.97. The Morgan fingerprint density at radius 2 is 1.58 bits per heavy atom. The maximum Gasteiger partial charge on any atom is 0.253 e. The smallest absolute Gasteiger partial charge is 0.253 e. The second-order valence-electron chi connectivity index (χ2n) is 8.00. The summed E-state index contributed by atoms with van der Waals surface area (Å²) in [6.07, 6.45) is 1.55. The number of carbonyl (C=O) groups is 3. The zero-order chi connectivity index (χ0) is 22.4. The van der Waals surface area contributed by atoms with Crippen LogP contribution in [0.4, 0.5) is 5.69 Å². The molecule has 164 valence electrons. The minimum atomic E-state index is -0.250. The van der Waals surface area contributed by atoms with Gasteiger partial charge in [-0.05, 0) is 70.0 Å². The van der Waals surface area contributed by atoms with Crippen molar-refractivity contribution in [2.45, 2.75) is 33.6 Å². The molecular weight excluding hydrogens is 390 g/mol. The van der Waals surface area contributed by atoms with E-state index in [2.05, 4.69) is 5.32 Å². The van der Waals surface area contributed by atoms with Crippen LogP contribution >= 0.6 is 0 Å². The first kappa shape index (κ1) is 22.5. The zero-order valence-electron chi connectivity index (χ0n) is 18.6. The first-order valence-electron chi connectivity index (χ1n) is 11.0. The molecule has 1 aliphatic heterocycles. The molecule has 1 heterocycles. The maximum atomic E-state index is 12.8. The second kappa shape index (κ2) is 10.2. The van der Waals surface area contributed by atoms with E-state index in [0.717, 1.165) is 18.4 Å². The first-order valence-corrected chi connectivity index (χ1v) is 11.0. The van der Waals surface area contributed by atoms with Crippen molar-refractivity contribution >= 4 is 23.4 Å². The third kappa shape index (κ3) is 5.51. The Labute approximate surface area is 184 Å². The summed E-state index contributed by atoms with van der Waals surface area (Å²) >= 11 is 0. The van der Waals surface area contributed by atoms with Gasteiger partial charge in [-0.2, -0.15) is 0 Å². The number of hydrogen-bond acceptors (Lipinski definition) is 3. The van der Waals surface area contributed by atoms with Crippen LogP contribution in [0.15, 0.2) is 48.5 Å². The Hall–Kier alpha value is -3.15. The lowest BCUT2D eigenvalue weighted by atomic mass is 9.96. The Morgan fingerprint density at radius 3 is 2.19 bits per heavy atom. The van der Waals surface area contributed by atoms with Crippen LogP contribution < -0.4 is 5.32 Å². The molecule has 3 amide bonds. The van der Waals surface area contributed by atoms with Gasteiger partial charge in [0.1, 0.15) is 0 Å². The molecule has 6 heteroatoms. The fourth-order valence-corrected chi connectivity index (χ4v) is 3.89. The summed E-state index contributed by atoms with van der Waals surface area (Å²) in [7, 11) is 0. The van der Waals surface area contributed by atoms with Gasteiger partial charge in [0, 0.05) is 43.0 Å². The molecule has 0 aliphatic carbocycles. The molecule has 3 rings (SSSR count). The van der Waals surface area contributed by atoms with Gasteiger partial charge in [0.2, 0.25) is 5.91 Å². The fourth-order valence-electron chi connectivity index (χ4n) is 3.89. The summed E-state index contributed by atoms with van der Waals surface area (Å²) < 4.78 is 0. The van der Waals surface area contributed by atoms with Crippen LogP contribution in [0.2, 0.25) is 0 Å². The Balaban J connectivity index is 1.60. The molecule has 0 saturated carbocycles. The average Bonchev–Trinajstić information content (AvgIpc) is 2.80. The van der Waals surface area contributed by atoms with Gasteiger partial charge >= 0.3 is 0 Å². The highest BCUT2D eigenvalue weighted by atomic mass is 16.2. The van der Waals surface area contributed by atoms with Crippen LogP contribution in [0, 0.1) is 12.8 Å². The SMILES string of the molecule is CCN(CC)C(=O)c1ccc(NC(=O)C2CCCN(C(=O)c3ccc(C)cc3)C2)cc1. The third-order valence-electron chi connectivity index (χ3n) is 5.83. The fraction of sp³-hybridized carbons (Fsp3) is 0.400. The second-order valence-corrected chi connectivity index (χ2v) is 8.00. The van der Waals surface area contributed by atoms with Crippen molar-refractivity contribution in [2.24, 2.45) is 5.92 Å². The highest BCUT2D eigenvalue weighted by Crippen LogP contribution is 2.21. The summed E-state index contributed by atoms with van der Waals surface area (Å²) in [6, 6.07) is 14.5. The van der Waals surface area contributed by atoms with Crippen molar-refractivity contribution in [3.05, 3.63) is 65.2 Å². The molecule has 0 aromatic heterocycles. The molecular formula is C25H31N3O3. The number of anilines is 1. The largest absolute Gasteiger partial charge is 0.339 e. The van der Waals surface area contributed by atoms with Gasteiger partial charge in [0.05, 0.1) is 5.92 Å². The van der Waals surface area contributed by atoms with Crippen molar-refractivity contribution in [3.63, 3.8) is 0 Å². The Bertz CT molecular complexity index is 918. The lowest BCUT2D eigenvalue weighted by molar-refractivity contribution is -0.121. The summed E-state index contributed by atoms with van der Waals surface area (Å²) in [4.78, 5) is 41.6. The molecule has 1 N–H and O–H groups in total. The minimum absolute atomic E-state index is 0.0135. The molecule has 0 radical (unpaired) electrons. The number of amides is 3. The van der Waals surface area contributed by atoms with E-state index in [-0.39, 0.29) is 23.6 Å². The van der Waals surface area contributed by atoms with E-state index in [4.69, 9.17) is 0 Å². The van der Waals surface area contributed by atoms with Gasteiger partial charge in [-0.3, -0.25) is 14.4 Å². The van der Waals surface area contributed by atoms with Crippen molar-refractivity contribution < 1.29 is 14.4 Å². The maximum absolute atomic E-state index is 12.8. The van der Waals surface area contributed by atoms with E-state index in [0.29, 0.717) is 43.0 Å². The van der Waals surface area contributed by atoms with Crippen LogP contribution in [0.3, 0.4) is 0 Å². The van der Waals surface area contributed by atoms with Gasteiger partial charge in [0.25, 0.3) is 11.8 Å². The minimum Gasteiger partial charge on any atom is -0.339 e. The van der Waals surface area contributed by atoms with Gasteiger partial charge in [-0.15, -0.1) is 0 Å². The van der Waals surface area contributed by atoms with Crippen LogP contribution in [0.5, 0.6) is 0 Å². The number of likely N-dealkylation sites (tertiary alicyclic amines) is 1. The molecule has 1 saturated heterocycles. The lowest BCUT2D eigenvalue weighted by Crippen LogP contribution is -2.43. The Kier molecular flexibility index (Phi) is 7.45. The van der Waals surface area contributed by atoms with Crippen LogP contribution in [0.25, 0.3) is 0 Å². The first-order chi connectivity index (χ1) is 14.9. The van der Waals surface area contributed by atoms with Crippen molar-refractivity contribution in [2.75, 3.05) is 31.5 Å². The molecule has 1 aliphatic rings. The Morgan fingerprint density at radius 1 is 0.968 bits per heavy atom. The third-order valence-corrected chi connectivity index (χ3v) is 5.83. The summed E-state index contributed by atoms with van der Waals surface area (Å²) in [6.45, 7) is 8.29. The van der Waals surface area contributed by atoms with E-state index in [1.165, 1.54) is 0 Å². The van der Waals surface area contributed by atoms with E-state index in [1.54, 1.807) is 34.1 Å². The molecule has 6 nitrogen and oxygen atoms in total. The lowest BCUT2D eigenvalue weighted by Gasteiger charge is -2.32. The standard InChI is InChI=1S/C25H31N3O3/c1-4-27(5-2)24(30)20-12-14-22(15-13-20)26-23(29)21-7-6-16-28(17-21)25(31)19-10-8-18(3)9-11-19/h8-15,21H,4-7,16-17H2,1-3H3,(H,26,29). The van der Waals surface area contributed by atoms with Gasteiger partial charge in [0.15, 0.2) is 0 Å². The van der Waals surface area contributed by atoms with E-state index in [1.807, 2.05) is 45.0 Å². The summed E-state index contributed by atoms with van der Waals surface area (Å²) in [5.41, 5.74) is 3.02. The van der Waals surface area contributed by atoms with E-state index >= 15 is 0 Å². The number of aryl methyl sites for hydroxylation is 1. The van der Waals surface area contributed by atoms with Crippen LogP contribution in [0.1, 0.15) is 53.0 Å². The topological polar surface area (TPSA) is 69.7 Å². The molecule has 0 bridgehead atoms. The molecule has 1 atom stereocenters. The molecule has 0 spiro atoms. The van der Waals surface area contributed by atoms with Crippen molar-refractivity contribution in [1.82, 2.24) is 9.80 Å². The number of piperidine rings is 1. The number of nitrogens with zero attached hydrogens (tertiary/aromatic N) is 2. The predicted molar refractivity (Wildman–Crippen MR) is 122 cm³/mol. The number of rotatable bonds is 6. The normalized spacial score (nSPS) is 16.0. The number of carbonyl (C=O) groups excluding carboxylic acids is 3. The average molecular weight is 422 g/mol. The van der Waals surface area contributed by atoms with E-state index < -0.39 is 0 Å². The number of benzene rings is 2. The quantitative estimate of drug-likeness (QED) is 0.767. The molecule has 1 fully saturated rings. The summed E-state index contributed by atoms with van der Waals surface area (Å²) in [5.74, 6) is -0.387. The highest BCUT2D eigenvalue weighted by molar-refractivity contribution is 5.97. The van der Waals surface area contributed by atoms with Gasteiger partial charge in [-0.1, -0.05) is 17.7 Å². The van der Waals surface area contributed by atoms with Crippen molar-refractivity contribution in [3.8, 4) is 0 Å². The number of hydrogen-bond donors (Lipinski definition) is 1. The van der Waals surface area contributed by atoms with Crippen molar-refractivity contribution in [1.29, 1.82) is 0 Å². The van der Waals surface area contributed by atoms with E-state index in [9.17, 15) is 14.4 Å². The van der Waals surface area contributed by atoms with Gasteiger partial charge in [-0.25, -0.2) is 0 Å². The monoisotopic (exact) mass is 421 g/mol. The van der Waals surface area contributed by atoms with Gasteiger partial charge < -0.3 is 15.1 Å². The van der Waals surface area contributed by atoms with Crippen LogP contribution in [-0.4, -0.2) is 53.7 Å². The molecule has 2 aromatic carbocycles. The summed E-state index contributed by atoms with van der Waals surface area (Å²) in [5, 5.41) is 2.94. The molecule has 31 heavy (non-hydrogen) atoms. The highest BCUT2D eigenvalue weighted by Gasteiger charge is 2.29. The number of nitrogens with one attached hydrogen (secondary N) is 1. The molecule has 1 unspecified atom stereocenters. The molecule has 2 aromatic rings.